The molecule has 304 valence electrons. The Morgan fingerprint density at radius 1 is 0.623 bits per heavy atom. The molecule has 0 aliphatic carbocycles. The van der Waals surface area contributed by atoms with Gasteiger partial charge in [-0.25, -0.2) is 4.79 Å². The zero-order valence-corrected chi connectivity index (χ0v) is 33.7. The van der Waals surface area contributed by atoms with Crippen molar-refractivity contribution in [2.45, 2.75) is 238 Å². The van der Waals surface area contributed by atoms with Crippen molar-refractivity contribution in [2.75, 3.05) is 0 Å². The molecule has 3 rings (SSSR count). The average Bonchev–Trinajstić information content (AvgIpc) is 3.85. The summed E-state index contributed by atoms with van der Waals surface area (Å²) in [7, 11) is 0. The van der Waals surface area contributed by atoms with E-state index >= 15 is 0 Å². The van der Waals surface area contributed by atoms with Crippen LogP contribution < -0.4 is 0 Å². The largest absolute Gasteiger partial charge is 0.462 e. The maximum Gasteiger partial charge on any atom is 0.334 e. The van der Waals surface area contributed by atoms with Crippen molar-refractivity contribution in [1.82, 2.24) is 0 Å². The van der Waals surface area contributed by atoms with Crippen molar-refractivity contribution < 1.29 is 47.6 Å². The highest BCUT2D eigenvalue weighted by Gasteiger charge is 2.42. The van der Waals surface area contributed by atoms with Crippen LogP contribution in [-0.2, 0) is 47.6 Å². The Morgan fingerprint density at radius 3 is 1.43 bits per heavy atom. The predicted molar refractivity (Wildman–Crippen MR) is 204 cm³/mol. The monoisotopic (exact) mass is 749 g/mol. The van der Waals surface area contributed by atoms with Crippen molar-refractivity contribution in [2.24, 2.45) is 0 Å². The van der Waals surface area contributed by atoms with E-state index in [9.17, 15) is 19.2 Å². The maximum atomic E-state index is 12.0. The van der Waals surface area contributed by atoms with Crippen LogP contribution in [0.2, 0.25) is 0 Å². The van der Waals surface area contributed by atoms with Gasteiger partial charge in [-0.2, -0.15) is 0 Å². The van der Waals surface area contributed by atoms with Crippen molar-refractivity contribution in [3.8, 4) is 0 Å². The van der Waals surface area contributed by atoms with E-state index in [4.69, 9.17) is 28.4 Å². The highest BCUT2D eigenvalue weighted by Crippen LogP contribution is 2.36. The highest BCUT2D eigenvalue weighted by atomic mass is 16.6. The van der Waals surface area contributed by atoms with Gasteiger partial charge in [-0.3, -0.25) is 14.4 Å². The summed E-state index contributed by atoms with van der Waals surface area (Å²) < 4.78 is 35.2. The molecule has 0 aromatic carbocycles. The van der Waals surface area contributed by atoms with Crippen LogP contribution in [0.3, 0.4) is 0 Å². The first-order valence-corrected chi connectivity index (χ1v) is 21.3. The Labute approximate surface area is 320 Å². The van der Waals surface area contributed by atoms with Gasteiger partial charge in [0.25, 0.3) is 0 Å². The van der Waals surface area contributed by atoms with Gasteiger partial charge in [0.05, 0.1) is 24.4 Å². The molecule has 0 aromatic heterocycles. The van der Waals surface area contributed by atoms with Gasteiger partial charge in [-0.05, 0) is 77.2 Å². The number of ether oxygens (including phenoxy) is 6. The van der Waals surface area contributed by atoms with Gasteiger partial charge < -0.3 is 28.4 Å². The van der Waals surface area contributed by atoms with Gasteiger partial charge in [0, 0.05) is 32.8 Å². The summed E-state index contributed by atoms with van der Waals surface area (Å²) in [6.07, 6.45) is 25.3. The summed E-state index contributed by atoms with van der Waals surface area (Å²) in [6, 6.07) is 0. The number of carbonyl (C=O) groups excluding carboxylic acids is 4. The molecule has 8 atom stereocenters. The van der Waals surface area contributed by atoms with E-state index in [1.807, 2.05) is 13.0 Å². The molecule has 0 bridgehead atoms. The average molecular weight is 749 g/mol. The topological polar surface area (TPSA) is 124 Å². The van der Waals surface area contributed by atoms with E-state index in [2.05, 4.69) is 6.92 Å². The van der Waals surface area contributed by atoms with Crippen molar-refractivity contribution >= 4 is 23.9 Å². The minimum Gasteiger partial charge on any atom is -0.462 e. The lowest BCUT2D eigenvalue weighted by atomic mass is 9.99. The van der Waals surface area contributed by atoms with Gasteiger partial charge in [0.1, 0.15) is 24.4 Å². The summed E-state index contributed by atoms with van der Waals surface area (Å²) >= 11 is 0. The molecule has 0 spiro atoms. The number of cyclic esters (lactones) is 1. The molecule has 0 N–H and O–H groups in total. The molecule has 53 heavy (non-hydrogen) atoms. The summed E-state index contributed by atoms with van der Waals surface area (Å²) in [4.78, 5) is 47.5. The Bertz CT molecular complexity index is 1120. The van der Waals surface area contributed by atoms with Gasteiger partial charge >= 0.3 is 23.9 Å². The fourth-order valence-corrected chi connectivity index (χ4v) is 8.26. The minimum atomic E-state index is -0.322. The van der Waals surface area contributed by atoms with Crippen LogP contribution in [0, 0.1) is 0 Å². The molecule has 0 aromatic rings. The van der Waals surface area contributed by atoms with Crippen molar-refractivity contribution in [3.05, 3.63) is 11.6 Å². The van der Waals surface area contributed by atoms with Gasteiger partial charge in [0.15, 0.2) is 0 Å². The summed E-state index contributed by atoms with van der Waals surface area (Å²) in [5, 5.41) is 0. The lowest BCUT2D eigenvalue weighted by Crippen LogP contribution is -2.35. The smallest absolute Gasteiger partial charge is 0.334 e. The van der Waals surface area contributed by atoms with Crippen LogP contribution in [-0.4, -0.2) is 72.7 Å². The minimum absolute atomic E-state index is 0.0283. The van der Waals surface area contributed by atoms with E-state index in [1.54, 1.807) is 0 Å². The molecule has 3 aliphatic rings. The third kappa shape index (κ3) is 18.2. The highest BCUT2D eigenvalue weighted by molar-refractivity contribution is 5.90. The van der Waals surface area contributed by atoms with Crippen LogP contribution in [0.5, 0.6) is 0 Å². The molecule has 3 heterocycles. The number of unbranched alkanes of at least 4 members (excludes halogenated alkanes) is 14. The number of esters is 4. The predicted octanol–water partition coefficient (Wildman–Crippen LogP) is 9.57. The van der Waals surface area contributed by atoms with Crippen LogP contribution in [0.1, 0.15) is 189 Å². The molecule has 0 amide bonds. The third-order valence-electron chi connectivity index (χ3n) is 10.9. The standard InChI is InChI=1S/C43H72O10/c1-6-7-8-9-10-14-17-20-23-37(50-33(4)45)39-25-27-41(52-39)42-28-26-40(53-42)38(51-34(5)46)24-21-18-15-12-11-13-16-19-22-36(49-32(3)44)30-35-29-31(2)48-43(35)47/h29,31,36-42H,6-28,30H2,1-5H3. The first-order chi connectivity index (χ1) is 25.5. The van der Waals surface area contributed by atoms with Crippen LogP contribution in [0.25, 0.3) is 0 Å². The van der Waals surface area contributed by atoms with E-state index < -0.39 is 0 Å². The zero-order valence-electron chi connectivity index (χ0n) is 33.7. The molecule has 0 saturated carbocycles. The lowest BCUT2D eigenvalue weighted by molar-refractivity contribution is -0.164. The van der Waals surface area contributed by atoms with Crippen LogP contribution in [0.4, 0.5) is 0 Å². The molecular formula is C43H72O10. The molecule has 2 fully saturated rings. The molecule has 3 aliphatic heterocycles. The number of carbonyl (C=O) groups is 4. The van der Waals surface area contributed by atoms with E-state index in [-0.39, 0.29) is 72.7 Å². The third-order valence-corrected chi connectivity index (χ3v) is 10.9. The molecule has 2 saturated heterocycles. The Balaban J connectivity index is 1.30. The second-order valence-electron chi connectivity index (χ2n) is 15.8. The maximum absolute atomic E-state index is 12.0. The van der Waals surface area contributed by atoms with Crippen molar-refractivity contribution in [1.29, 1.82) is 0 Å². The number of rotatable bonds is 28. The summed E-state index contributed by atoms with van der Waals surface area (Å²) in [6.45, 7) is 8.44. The molecule has 8 unspecified atom stereocenters. The Morgan fingerprint density at radius 2 is 1.04 bits per heavy atom. The summed E-state index contributed by atoms with van der Waals surface area (Å²) in [5.74, 6) is -1.15. The van der Waals surface area contributed by atoms with E-state index in [0.29, 0.717) is 12.0 Å². The lowest BCUT2D eigenvalue weighted by Gasteiger charge is -2.27. The second kappa shape index (κ2) is 25.6. The molecule has 10 nitrogen and oxygen atoms in total. The number of hydrogen-bond acceptors (Lipinski definition) is 10. The molecule has 0 radical (unpaired) electrons. The van der Waals surface area contributed by atoms with Gasteiger partial charge in [0.2, 0.25) is 0 Å². The normalized spacial score (nSPS) is 24.4. The SMILES string of the molecule is CCCCCCCCCCC(OC(C)=O)C1CCC(C2CCC(C(CCCCCCCCCCC(CC3=CC(C)OC3=O)OC(C)=O)OC(C)=O)O2)O1. The van der Waals surface area contributed by atoms with Crippen molar-refractivity contribution in [3.63, 3.8) is 0 Å². The first-order valence-electron chi connectivity index (χ1n) is 21.3. The first kappa shape index (κ1) is 44.9. The van der Waals surface area contributed by atoms with Crippen LogP contribution >= 0.6 is 0 Å². The number of hydrogen-bond donors (Lipinski definition) is 0. The summed E-state index contributed by atoms with van der Waals surface area (Å²) in [5.41, 5.74) is 0.602. The Kier molecular flexibility index (Phi) is 21.7. The van der Waals surface area contributed by atoms with Gasteiger partial charge in [-0.15, -0.1) is 0 Å². The molecular weight excluding hydrogens is 676 g/mol. The van der Waals surface area contributed by atoms with E-state index in [1.165, 1.54) is 59.3 Å². The van der Waals surface area contributed by atoms with E-state index in [0.717, 1.165) is 109 Å². The fraction of sp³-hybridized carbons (Fsp3) is 0.860. The quantitative estimate of drug-likeness (QED) is 0.0434. The Hall–Kier alpha value is -2.46. The van der Waals surface area contributed by atoms with Gasteiger partial charge in [-0.1, -0.05) is 90.4 Å². The zero-order chi connectivity index (χ0) is 38.4. The molecule has 10 heteroatoms. The fourth-order valence-electron chi connectivity index (χ4n) is 8.26. The second-order valence-corrected chi connectivity index (χ2v) is 15.8. The van der Waals surface area contributed by atoms with Crippen LogP contribution in [0.15, 0.2) is 11.6 Å².